The molecule has 0 spiro atoms. The molecule has 13 aromatic carbocycles. The van der Waals surface area contributed by atoms with Gasteiger partial charge in [0.05, 0.1) is 17.1 Å². The van der Waals surface area contributed by atoms with Crippen LogP contribution < -0.4 is 0 Å². The van der Waals surface area contributed by atoms with Crippen molar-refractivity contribution in [1.82, 2.24) is 8.75 Å². The van der Waals surface area contributed by atoms with Crippen LogP contribution in [0.4, 0.5) is 0 Å². The molecule has 0 amide bonds. The van der Waals surface area contributed by atoms with Gasteiger partial charge >= 0.3 is 0 Å². The molecule has 3 aromatic heterocycles. The Hall–Kier alpha value is -10.9. The summed E-state index contributed by atoms with van der Waals surface area (Å²) in [5, 5.41) is 0. The van der Waals surface area contributed by atoms with E-state index in [0.29, 0.717) is 0 Å². The van der Waals surface area contributed by atoms with Crippen molar-refractivity contribution in [1.29, 1.82) is 0 Å². The van der Waals surface area contributed by atoms with Gasteiger partial charge in [-0.05, 0) is 258 Å². The monoisotopic (exact) mass is 1500 g/mol. The molecule has 0 aliphatic heterocycles. The van der Waals surface area contributed by atoms with E-state index in [1.807, 2.05) is 22.7 Å². The predicted octanol–water partition coefficient (Wildman–Crippen LogP) is 29.4. The van der Waals surface area contributed by atoms with Crippen molar-refractivity contribution in [2.24, 2.45) is 0 Å². The maximum absolute atomic E-state index is 4.89. The molecule has 548 valence electrons. The highest BCUT2D eigenvalue weighted by molar-refractivity contribution is 7.19. The quantitative estimate of drug-likeness (QED) is 0.0754. The number of benzene rings is 13. The molecule has 0 fully saturated rings. The Morgan fingerprint density at radius 1 is 0.286 bits per heavy atom. The molecule has 2 nitrogen and oxygen atoms in total. The van der Waals surface area contributed by atoms with Crippen molar-refractivity contribution < 1.29 is 0 Å². The number of nitrogens with zero attached hydrogens (tertiary/aromatic N) is 2. The number of rotatable bonds is 19. The van der Waals surface area contributed by atoms with Crippen molar-refractivity contribution in [2.45, 2.75) is 136 Å². The van der Waals surface area contributed by atoms with E-state index in [9.17, 15) is 0 Å². The molecule has 0 saturated heterocycles. The first-order valence-electron chi connectivity index (χ1n) is 40.3. The highest BCUT2D eigenvalue weighted by atomic mass is 32.1. The van der Waals surface area contributed by atoms with Crippen molar-refractivity contribution in [3.8, 4) is 87.0 Å². The summed E-state index contributed by atoms with van der Waals surface area (Å²) in [6.45, 7) is 23.0. The zero-order valence-electron chi connectivity index (χ0n) is 65.7. The van der Waals surface area contributed by atoms with E-state index in [1.165, 1.54) is 224 Å². The minimum atomic E-state index is -0.779. The molecule has 0 N–H and O–H groups in total. The summed E-state index contributed by atoms with van der Waals surface area (Å²) in [7, 11) is 0. The van der Waals surface area contributed by atoms with E-state index in [1.54, 1.807) is 0 Å². The molecule has 3 aliphatic rings. The highest BCUT2D eigenvalue weighted by Gasteiger charge is 2.48. The van der Waals surface area contributed by atoms with Crippen LogP contribution in [0.25, 0.3) is 98.0 Å². The van der Waals surface area contributed by atoms with Gasteiger partial charge in [0.15, 0.2) is 0 Å². The van der Waals surface area contributed by atoms with Gasteiger partial charge in [-0.2, -0.15) is 8.75 Å². The van der Waals surface area contributed by atoms with E-state index in [2.05, 4.69) is 360 Å². The van der Waals surface area contributed by atoms with Gasteiger partial charge in [0.1, 0.15) is 11.0 Å². The molecular weight excluding hydrogens is 1410 g/mol. The van der Waals surface area contributed by atoms with Gasteiger partial charge in [-0.1, -0.05) is 308 Å². The second-order valence-electron chi connectivity index (χ2n) is 33.2. The Bertz CT molecular complexity index is 6200. The Morgan fingerprint density at radius 2 is 0.598 bits per heavy atom. The fourth-order valence-corrected chi connectivity index (χ4v) is 21.6. The van der Waals surface area contributed by atoms with Gasteiger partial charge in [0, 0.05) is 53.3 Å². The lowest BCUT2D eigenvalue weighted by Gasteiger charge is -2.35. The molecule has 112 heavy (non-hydrogen) atoms. The van der Waals surface area contributed by atoms with Crippen molar-refractivity contribution in [2.75, 3.05) is 0 Å². The minimum Gasteiger partial charge on any atom is -0.172 e. The molecule has 19 rings (SSSR count). The molecule has 0 bridgehead atoms. The number of aromatic nitrogens is 2. The van der Waals surface area contributed by atoms with Crippen LogP contribution >= 0.6 is 34.4 Å². The molecular formula is C107H92N2S3. The third-order valence-corrected chi connectivity index (χ3v) is 28.1. The van der Waals surface area contributed by atoms with Crippen LogP contribution in [-0.2, 0) is 29.1 Å². The van der Waals surface area contributed by atoms with Crippen molar-refractivity contribution in [3.05, 3.63) is 402 Å². The number of hydrogen-bond acceptors (Lipinski definition) is 5. The van der Waals surface area contributed by atoms with Crippen molar-refractivity contribution in [3.63, 3.8) is 0 Å². The minimum absolute atomic E-state index is 0.0261. The third-order valence-electron chi connectivity index (χ3n) is 25.3. The van der Waals surface area contributed by atoms with Gasteiger partial charge in [0.25, 0.3) is 0 Å². The first kappa shape index (κ1) is 71.4. The summed E-state index contributed by atoms with van der Waals surface area (Å²) in [6, 6.07) is 115. The van der Waals surface area contributed by atoms with Crippen LogP contribution in [-0.4, -0.2) is 8.75 Å². The van der Waals surface area contributed by atoms with Crippen LogP contribution in [0.3, 0.4) is 0 Å². The first-order valence-corrected chi connectivity index (χ1v) is 42.7. The van der Waals surface area contributed by atoms with E-state index in [-0.39, 0.29) is 22.7 Å². The lowest BCUT2D eigenvalue weighted by atomic mass is 9.66. The summed E-state index contributed by atoms with van der Waals surface area (Å²) < 4.78 is 9.74. The number of fused-ring (bicyclic) bond motifs is 10. The van der Waals surface area contributed by atoms with Gasteiger partial charge < -0.3 is 0 Å². The SMILES string of the molecule is CCCCc1ccc(C(c2ccc(CCCC)cc2)c2ccc(C3(c4ccc(C(c5ccc(C)cc5)c5ccc(C)cc5)cc4)c4cc(-c5ccc6c(c5)C(C)(C)c5cc(C)ccc5-6)ccc4-c4ccc(-c5ccc6c(c5)C(C)(C)c5cc(-c7ccc(-c8ccc(-c9ccc(C)s9)c9nsnc89)s7)ccc5-6)cc43)cc2)cc1. The summed E-state index contributed by atoms with van der Waals surface area (Å²) >= 11 is 4.95. The Kier molecular flexibility index (Phi) is 18.1. The van der Waals surface area contributed by atoms with E-state index >= 15 is 0 Å². The molecule has 0 saturated carbocycles. The topological polar surface area (TPSA) is 25.8 Å². The molecule has 3 aliphatic carbocycles. The fourth-order valence-electron chi connectivity index (χ4n) is 19.1. The van der Waals surface area contributed by atoms with Crippen LogP contribution in [0.1, 0.15) is 190 Å². The molecule has 0 radical (unpaired) electrons. The van der Waals surface area contributed by atoms with Gasteiger partial charge in [-0.3, -0.25) is 0 Å². The second-order valence-corrected chi connectivity index (χ2v) is 36.1. The van der Waals surface area contributed by atoms with Crippen LogP contribution in [0.2, 0.25) is 0 Å². The Balaban J connectivity index is 0.770. The number of hydrogen-bond donors (Lipinski definition) is 0. The second kappa shape index (κ2) is 28.4. The lowest BCUT2D eigenvalue weighted by Crippen LogP contribution is -2.29. The van der Waals surface area contributed by atoms with E-state index in [4.69, 9.17) is 8.75 Å². The lowest BCUT2D eigenvalue weighted by molar-refractivity contribution is 0.660. The summed E-state index contributed by atoms with van der Waals surface area (Å²) in [5.74, 6) is 0.0534. The maximum Gasteiger partial charge on any atom is 0.114 e. The molecule has 1 unspecified atom stereocenters. The molecule has 1 atom stereocenters. The third kappa shape index (κ3) is 12.2. The summed E-state index contributed by atoms with van der Waals surface area (Å²) in [4.78, 5) is 4.97. The summed E-state index contributed by atoms with van der Waals surface area (Å²) in [6.07, 6.45) is 6.92. The Morgan fingerprint density at radius 3 is 1.00 bits per heavy atom. The van der Waals surface area contributed by atoms with Crippen LogP contribution in [0, 0.1) is 27.7 Å². The average Bonchev–Trinajstić information content (AvgIpc) is 1.52. The predicted molar refractivity (Wildman–Crippen MR) is 477 cm³/mol. The zero-order chi connectivity index (χ0) is 76.3. The maximum atomic E-state index is 4.89. The molecule has 16 aromatic rings. The molecule has 3 heterocycles. The summed E-state index contributed by atoms with van der Waals surface area (Å²) in [5.41, 5.74) is 41.8. The van der Waals surface area contributed by atoms with Crippen molar-refractivity contribution >= 4 is 45.4 Å². The number of aryl methyl sites for hydroxylation is 6. The van der Waals surface area contributed by atoms with E-state index < -0.39 is 5.41 Å². The largest absolute Gasteiger partial charge is 0.172 e. The number of thiophene rings is 2. The van der Waals surface area contributed by atoms with Crippen LogP contribution in [0.5, 0.6) is 0 Å². The first-order chi connectivity index (χ1) is 54.5. The van der Waals surface area contributed by atoms with Gasteiger partial charge in [-0.25, -0.2) is 0 Å². The van der Waals surface area contributed by atoms with Gasteiger partial charge in [0.2, 0.25) is 0 Å². The smallest absolute Gasteiger partial charge is 0.114 e. The van der Waals surface area contributed by atoms with Gasteiger partial charge in [-0.15, -0.1) is 22.7 Å². The molecule has 5 heteroatoms. The van der Waals surface area contributed by atoms with E-state index in [0.717, 1.165) is 35.0 Å². The number of unbranched alkanes of at least 4 members (excludes halogenated alkanes) is 2. The standard InChI is InChI=1S/C107H92N2S3/c1-11-13-15-69-23-31-73(32-24-69)102(74-33-25-70(26-34-74)16-14-12-2)76-37-46-83(47-38-76)107(82-44-35-75(36-45-82)101(71-27-17-65(3)18-28-71)72-29-19-66(4)20-30-72)96-62-79(77-39-49-85-84-48-21-67(5)59-92(84)105(7,8)93(85)60-77)41-51-88(96)89-52-42-80(63-97(89)107)78-40-50-86-87-53-43-81(64-95(87)106(9,10)94(86)61-78)98-57-58-100(111-98)91-55-54-90(99-56-22-68(6)110-99)103-104(91)109-112-108-103/h17-64,101-102H,11-16H2,1-10H3. The zero-order valence-corrected chi connectivity index (χ0v) is 68.2. The van der Waals surface area contributed by atoms with Crippen LogP contribution in [0.15, 0.2) is 291 Å². The normalized spacial score (nSPS) is 14.7. The average molecular weight is 1500 g/mol. The Labute approximate surface area is 673 Å². The fraction of sp³-hybridized carbons (Fsp3) is 0.196. The highest BCUT2D eigenvalue weighted by Crippen LogP contribution is 2.60.